The Morgan fingerprint density at radius 1 is 1.50 bits per heavy atom. The molecule has 4 unspecified atom stereocenters. The van der Waals surface area contributed by atoms with Crippen LogP contribution in [0.3, 0.4) is 0 Å². The van der Waals surface area contributed by atoms with Gasteiger partial charge in [-0.15, -0.1) is 0 Å². The van der Waals surface area contributed by atoms with E-state index in [2.05, 4.69) is 10.0 Å². The first-order valence-corrected chi connectivity index (χ1v) is 9.02. The number of carboxylic acids is 1. The van der Waals surface area contributed by atoms with Gasteiger partial charge in [0.15, 0.2) is 9.84 Å². The molecule has 1 fully saturated rings. The van der Waals surface area contributed by atoms with E-state index in [0.717, 1.165) is 4.90 Å². The summed E-state index contributed by atoms with van der Waals surface area (Å²) in [5.41, 5.74) is 8.09. The highest BCUT2D eigenvalue weighted by molar-refractivity contribution is 7.92. The average molecular weight is 358 g/mol. The van der Waals surface area contributed by atoms with Gasteiger partial charge in [0.1, 0.15) is 5.70 Å². The molecule has 1 saturated heterocycles. The number of β-lactam (4-membered cyclic amide) rings is 1. The smallest absolute Gasteiger partial charge is 0.352 e. The van der Waals surface area contributed by atoms with Crippen molar-refractivity contribution in [3.63, 3.8) is 0 Å². The molecule has 2 aliphatic heterocycles. The second kappa shape index (κ2) is 6.42. The lowest BCUT2D eigenvalue weighted by atomic mass is 9.83. The number of carbonyl (C=O) groups is 2. The van der Waals surface area contributed by atoms with E-state index in [1.807, 2.05) is 0 Å². The van der Waals surface area contributed by atoms with Gasteiger partial charge in [0.05, 0.1) is 29.1 Å². The van der Waals surface area contributed by atoms with Gasteiger partial charge >= 0.3 is 5.97 Å². The number of hydrogen-bond acceptors (Lipinski definition) is 6. The second-order valence-corrected chi connectivity index (χ2v) is 8.45. The Morgan fingerprint density at radius 3 is 2.62 bits per heavy atom. The topological polar surface area (TPSA) is 161 Å². The Kier molecular flexibility index (Phi) is 4.88. The van der Waals surface area contributed by atoms with Crippen LogP contribution in [0.5, 0.6) is 0 Å². The van der Waals surface area contributed by atoms with E-state index in [-0.39, 0.29) is 24.2 Å². The molecule has 0 radical (unpaired) electrons. The quantitative estimate of drug-likeness (QED) is 0.283. The third kappa shape index (κ3) is 2.97. The summed E-state index contributed by atoms with van der Waals surface area (Å²) in [6.07, 6.45) is -0.843. The highest BCUT2D eigenvalue weighted by atomic mass is 32.2. The van der Waals surface area contributed by atoms with Gasteiger partial charge in [-0.25, -0.2) is 13.2 Å². The molecule has 2 N–H and O–H groups in total. The zero-order chi connectivity index (χ0) is 18.2. The lowest BCUT2D eigenvalue weighted by Gasteiger charge is -2.44. The monoisotopic (exact) mass is 358 g/mol. The lowest BCUT2D eigenvalue weighted by molar-refractivity contribution is -0.161. The summed E-state index contributed by atoms with van der Waals surface area (Å²) in [6, 6.07) is -0.527. The van der Waals surface area contributed by atoms with Crippen LogP contribution in [-0.4, -0.2) is 65.1 Å². The molecule has 2 rings (SSSR count). The maximum atomic E-state index is 12.3. The number of aliphatic hydroxyl groups excluding tert-OH is 1. The molecule has 2 aliphatic rings. The molecule has 0 aromatic carbocycles. The molecule has 0 aromatic rings. The van der Waals surface area contributed by atoms with Crippen LogP contribution in [0.1, 0.15) is 20.3 Å². The Hall–Kier alpha value is -2.10. The Bertz CT molecular complexity index is 752. The SMILES string of the molecule is CC(O)C1C(=O)N2C(C(=O)O)=C(CS(=O)(=O)C(C)CN=[N+]=[N-])CC12. The molecule has 0 aliphatic carbocycles. The van der Waals surface area contributed by atoms with Crippen molar-refractivity contribution >= 4 is 21.7 Å². The number of amides is 1. The molecule has 0 bridgehead atoms. The second-order valence-electron chi connectivity index (χ2n) is 6.03. The maximum Gasteiger partial charge on any atom is 0.352 e. The Morgan fingerprint density at radius 2 is 2.12 bits per heavy atom. The van der Waals surface area contributed by atoms with Crippen molar-refractivity contribution in [1.29, 1.82) is 0 Å². The molecule has 11 heteroatoms. The molecule has 10 nitrogen and oxygen atoms in total. The number of azide groups is 1. The van der Waals surface area contributed by atoms with Crippen molar-refractivity contribution in [2.24, 2.45) is 11.0 Å². The molecular weight excluding hydrogens is 340 g/mol. The summed E-state index contributed by atoms with van der Waals surface area (Å²) >= 11 is 0. The van der Waals surface area contributed by atoms with Gasteiger partial charge in [0.2, 0.25) is 5.91 Å². The number of rotatable bonds is 7. The van der Waals surface area contributed by atoms with Crippen LogP contribution in [0.2, 0.25) is 0 Å². The first-order chi connectivity index (χ1) is 11.1. The normalized spacial score (nSPS) is 25.6. The number of aliphatic carboxylic acids is 1. The highest BCUT2D eigenvalue weighted by Crippen LogP contribution is 2.44. The van der Waals surface area contributed by atoms with Gasteiger partial charge in [0.25, 0.3) is 0 Å². The molecule has 132 valence electrons. The van der Waals surface area contributed by atoms with Crippen molar-refractivity contribution < 1.29 is 28.2 Å². The number of nitrogens with zero attached hydrogens (tertiary/aromatic N) is 4. The Balaban J connectivity index is 2.28. The first kappa shape index (κ1) is 18.2. The van der Waals surface area contributed by atoms with Crippen LogP contribution >= 0.6 is 0 Å². The highest BCUT2D eigenvalue weighted by Gasteiger charge is 2.56. The molecule has 1 amide bonds. The molecule has 24 heavy (non-hydrogen) atoms. The maximum absolute atomic E-state index is 12.3. The van der Waals surface area contributed by atoms with E-state index >= 15 is 0 Å². The number of carboxylic acid groups (broad SMARTS) is 1. The average Bonchev–Trinajstić information content (AvgIpc) is 2.77. The van der Waals surface area contributed by atoms with Crippen LogP contribution in [0.25, 0.3) is 10.4 Å². The molecular formula is C13H18N4O6S. The molecule has 0 saturated carbocycles. The van der Waals surface area contributed by atoms with Crippen LogP contribution < -0.4 is 0 Å². The fourth-order valence-electron chi connectivity index (χ4n) is 3.14. The zero-order valence-electron chi connectivity index (χ0n) is 13.2. The van der Waals surface area contributed by atoms with Crippen molar-refractivity contribution in [3.8, 4) is 0 Å². The van der Waals surface area contributed by atoms with Crippen LogP contribution in [-0.2, 0) is 19.4 Å². The summed E-state index contributed by atoms with van der Waals surface area (Å²) < 4.78 is 24.7. The molecule has 0 aromatic heterocycles. The van der Waals surface area contributed by atoms with Gasteiger partial charge in [-0.3, -0.25) is 4.79 Å². The van der Waals surface area contributed by atoms with E-state index < -0.39 is 50.8 Å². The van der Waals surface area contributed by atoms with Crippen LogP contribution in [0, 0.1) is 5.92 Å². The van der Waals surface area contributed by atoms with Gasteiger partial charge in [-0.05, 0) is 31.4 Å². The number of hydrogen-bond donors (Lipinski definition) is 2. The number of fused-ring (bicyclic) bond motifs is 1. The van der Waals surface area contributed by atoms with E-state index in [0.29, 0.717) is 0 Å². The van der Waals surface area contributed by atoms with Crippen molar-refractivity contribution in [1.82, 2.24) is 4.90 Å². The van der Waals surface area contributed by atoms with Crippen molar-refractivity contribution in [2.45, 2.75) is 37.7 Å². The fraction of sp³-hybridized carbons (Fsp3) is 0.692. The number of aliphatic hydroxyl groups is 1. The van der Waals surface area contributed by atoms with Crippen LogP contribution in [0.15, 0.2) is 16.4 Å². The standard InChI is InChI=1S/C13H18N4O6S/c1-6(4-15-16-14)24(22,23)5-8-3-9-10(7(2)18)12(19)17(9)11(8)13(20)21/h6-7,9-10,18H,3-5H2,1-2H3,(H,20,21). The third-order valence-electron chi connectivity index (χ3n) is 4.41. The van der Waals surface area contributed by atoms with E-state index in [9.17, 15) is 28.2 Å². The van der Waals surface area contributed by atoms with Crippen LogP contribution in [0.4, 0.5) is 0 Å². The number of carbonyl (C=O) groups excluding carboxylic acids is 1. The predicted molar refractivity (Wildman–Crippen MR) is 82.3 cm³/mol. The summed E-state index contributed by atoms with van der Waals surface area (Å²) in [5.74, 6) is -3.13. The predicted octanol–water partition coefficient (Wildman–Crippen LogP) is 0.0502. The molecule has 4 atom stereocenters. The van der Waals surface area contributed by atoms with Crippen molar-refractivity contribution in [3.05, 3.63) is 21.7 Å². The van der Waals surface area contributed by atoms with E-state index in [1.165, 1.54) is 13.8 Å². The Labute approximate surface area is 138 Å². The minimum absolute atomic E-state index is 0.0937. The third-order valence-corrected chi connectivity index (χ3v) is 6.54. The largest absolute Gasteiger partial charge is 0.477 e. The minimum atomic E-state index is -3.74. The van der Waals surface area contributed by atoms with E-state index in [4.69, 9.17) is 5.53 Å². The lowest BCUT2D eigenvalue weighted by Crippen LogP contribution is -2.61. The number of sulfone groups is 1. The zero-order valence-corrected chi connectivity index (χ0v) is 14.0. The molecule has 2 heterocycles. The van der Waals surface area contributed by atoms with E-state index in [1.54, 1.807) is 0 Å². The summed E-state index contributed by atoms with van der Waals surface area (Å²) in [5, 5.41) is 21.3. The first-order valence-electron chi connectivity index (χ1n) is 7.30. The molecule has 0 spiro atoms. The minimum Gasteiger partial charge on any atom is -0.477 e. The van der Waals surface area contributed by atoms with Gasteiger partial charge < -0.3 is 15.1 Å². The van der Waals surface area contributed by atoms with Gasteiger partial charge in [0, 0.05) is 11.5 Å². The van der Waals surface area contributed by atoms with Gasteiger partial charge in [-0.2, -0.15) is 0 Å². The summed E-state index contributed by atoms with van der Waals surface area (Å²) in [4.78, 5) is 27.1. The van der Waals surface area contributed by atoms with Crippen molar-refractivity contribution in [2.75, 3.05) is 12.3 Å². The fourth-order valence-corrected chi connectivity index (χ4v) is 4.46. The summed E-state index contributed by atoms with van der Waals surface area (Å²) in [6.45, 7) is 2.56. The summed E-state index contributed by atoms with van der Waals surface area (Å²) in [7, 11) is -3.74. The van der Waals surface area contributed by atoms with Gasteiger partial charge in [-0.1, -0.05) is 5.11 Å².